The molecule has 1 N–H and O–H groups in total. The Balaban J connectivity index is 2.44. The molecule has 0 aromatic heterocycles. The van der Waals surface area contributed by atoms with Gasteiger partial charge in [-0.05, 0) is 26.0 Å². The summed E-state index contributed by atoms with van der Waals surface area (Å²) in [5.41, 5.74) is 1.19. The first-order valence-corrected chi connectivity index (χ1v) is 6.99. The van der Waals surface area contributed by atoms with Gasteiger partial charge in [-0.1, -0.05) is 17.7 Å². The molecule has 0 fully saturated rings. The highest BCUT2D eigenvalue weighted by molar-refractivity contribution is 8.00. The summed E-state index contributed by atoms with van der Waals surface area (Å²) in [6.07, 6.45) is 0. The van der Waals surface area contributed by atoms with Crippen LogP contribution in [0.3, 0.4) is 0 Å². The summed E-state index contributed by atoms with van der Waals surface area (Å²) in [5.74, 6) is -0.235. The monoisotopic (exact) mass is 280 g/mol. The summed E-state index contributed by atoms with van der Waals surface area (Å²) in [5, 5.41) is 2.42. The van der Waals surface area contributed by atoms with Crippen LogP contribution in [0.5, 0.6) is 0 Å². The largest absolute Gasteiger partial charge is 0.347 e. The third kappa shape index (κ3) is 5.34. The van der Waals surface area contributed by atoms with Crippen molar-refractivity contribution in [3.8, 4) is 0 Å². The van der Waals surface area contributed by atoms with E-state index in [1.807, 2.05) is 38.1 Å². The van der Waals surface area contributed by atoms with Gasteiger partial charge in [-0.3, -0.25) is 9.59 Å². The molecule has 19 heavy (non-hydrogen) atoms. The van der Waals surface area contributed by atoms with Gasteiger partial charge in [-0.25, -0.2) is 0 Å². The maximum absolute atomic E-state index is 11.8. The first kappa shape index (κ1) is 15.6. The number of likely N-dealkylation sites (N-methyl/N-ethyl adjacent to an activating group) is 1. The lowest BCUT2D eigenvalue weighted by Crippen LogP contribution is -2.39. The van der Waals surface area contributed by atoms with E-state index in [-0.39, 0.29) is 23.6 Å². The summed E-state index contributed by atoms with van der Waals surface area (Å²) in [6, 6.07) is 8.02. The number of aryl methyl sites for hydroxylation is 1. The van der Waals surface area contributed by atoms with Crippen LogP contribution in [0.15, 0.2) is 29.2 Å². The average molecular weight is 280 g/mol. The Hall–Kier alpha value is -1.49. The van der Waals surface area contributed by atoms with Crippen molar-refractivity contribution < 1.29 is 9.59 Å². The van der Waals surface area contributed by atoms with Crippen LogP contribution in [-0.4, -0.2) is 42.6 Å². The van der Waals surface area contributed by atoms with Crippen LogP contribution >= 0.6 is 11.8 Å². The molecule has 0 aliphatic rings. The van der Waals surface area contributed by atoms with E-state index in [1.54, 1.807) is 14.1 Å². The number of thioether (sulfide) groups is 1. The minimum Gasteiger partial charge on any atom is -0.347 e. The van der Waals surface area contributed by atoms with Crippen molar-refractivity contribution in [2.75, 3.05) is 20.6 Å². The number of nitrogens with zero attached hydrogens (tertiary/aromatic N) is 1. The highest BCUT2D eigenvalue weighted by Crippen LogP contribution is 2.23. The first-order chi connectivity index (χ1) is 8.90. The number of carbonyl (C=O) groups excluding carboxylic acids is 2. The second-order valence-corrected chi connectivity index (χ2v) is 5.99. The Morgan fingerprint density at radius 3 is 2.37 bits per heavy atom. The van der Waals surface area contributed by atoms with Crippen molar-refractivity contribution in [3.05, 3.63) is 29.8 Å². The Kier molecular flexibility index (Phi) is 5.89. The van der Waals surface area contributed by atoms with E-state index in [4.69, 9.17) is 0 Å². The van der Waals surface area contributed by atoms with Crippen molar-refractivity contribution in [1.82, 2.24) is 10.2 Å². The second kappa shape index (κ2) is 7.19. The number of amides is 2. The first-order valence-electron chi connectivity index (χ1n) is 6.11. The zero-order valence-electron chi connectivity index (χ0n) is 11.8. The summed E-state index contributed by atoms with van der Waals surface area (Å²) in [4.78, 5) is 25.7. The van der Waals surface area contributed by atoms with Crippen molar-refractivity contribution in [3.63, 3.8) is 0 Å². The highest BCUT2D eigenvalue weighted by Gasteiger charge is 2.15. The zero-order valence-corrected chi connectivity index (χ0v) is 12.6. The van der Waals surface area contributed by atoms with Gasteiger partial charge in [0, 0.05) is 19.0 Å². The smallest absolute Gasteiger partial charge is 0.241 e. The van der Waals surface area contributed by atoms with Gasteiger partial charge in [0.15, 0.2) is 0 Å². The van der Waals surface area contributed by atoms with E-state index in [0.29, 0.717) is 0 Å². The van der Waals surface area contributed by atoms with E-state index >= 15 is 0 Å². The maximum atomic E-state index is 11.8. The molecule has 4 nitrogen and oxygen atoms in total. The SMILES string of the molecule is Cc1ccc(S[C@H](C)C(=O)NCC(=O)N(C)C)cc1. The fourth-order valence-electron chi connectivity index (χ4n) is 1.34. The van der Waals surface area contributed by atoms with E-state index in [9.17, 15) is 9.59 Å². The molecule has 5 heteroatoms. The molecule has 1 atom stereocenters. The molecule has 0 bridgehead atoms. The van der Waals surface area contributed by atoms with Gasteiger partial charge in [0.05, 0.1) is 11.8 Å². The molecular weight excluding hydrogens is 260 g/mol. The molecular formula is C14H20N2O2S. The number of carbonyl (C=O) groups is 2. The van der Waals surface area contributed by atoms with Crippen LogP contribution in [0.4, 0.5) is 0 Å². The second-order valence-electron chi connectivity index (χ2n) is 4.58. The average Bonchev–Trinajstić information content (AvgIpc) is 2.37. The summed E-state index contributed by atoms with van der Waals surface area (Å²) in [6.45, 7) is 3.90. The topological polar surface area (TPSA) is 49.4 Å². The molecule has 0 aliphatic carbocycles. The van der Waals surface area contributed by atoms with Crippen LogP contribution < -0.4 is 5.32 Å². The van der Waals surface area contributed by atoms with Crippen molar-refractivity contribution in [1.29, 1.82) is 0 Å². The lowest BCUT2D eigenvalue weighted by molar-refractivity contribution is -0.130. The standard InChI is InChI=1S/C14H20N2O2S/c1-10-5-7-12(8-6-10)19-11(2)14(18)15-9-13(17)16(3)4/h5-8,11H,9H2,1-4H3,(H,15,18)/t11-/m1/s1. The molecule has 0 radical (unpaired) electrons. The summed E-state index contributed by atoms with van der Waals surface area (Å²) in [7, 11) is 3.33. The van der Waals surface area contributed by atoms with Crippen LogP contribution in [-0.2, 0) is 9.59 Å². The van der Waals surface area contributed by atoms with Crippen LogP contribution in [0.25, 0.3) is 0 Å². The van der Waals surface area contributed by atoms with Crippen LogP contribution in [0, 0.1) is 6.92 Å². The van der Waals surface area contributed by atoms with Gasteiger partial charge in [-0.2, -0.15) is 0 Å². The van der Waals surface area contributed by atoms with Crippen LogP contribution in [0.2, 0.25) is 0 Å². The van der Waals surface area contributed by atoms with E-state index in [0.717, 1.165) is 4.90 Å². The molecule has 1 rings (SSSR count). The van der Waals surface area contributed by atoms with Gasteiger partial charge < -0.3 is 10.2 Å². The predicted molar refractivity (Wildman–Crippen MR) is 78.2 cm³/mol. The predicted octanol–water partition coefficient (Wildman–Crippen LogP) is 1.68. The minimum absolute atomic E-state index is 0.0463. The van der Waals surface area contributed by atoms with Gasteiger partial charge >= 0.3 is 0 Å². The molecule has 0 spiro atoms. The Morgan fingerprint density at radius 1 is 1.26 bits per heavy atom. The zero-order chi connectivity index (χ0) is 14.4. The Morgan fingerprint density at radius 2 is 1.84 bits per heavy atom. The number of hydrogen-bond acceptors (Lipinski definition) is 3. The molecule has 1 aromatic carbocycles. The molecule has 0 saturated heterocycles. The lowest BCUT2D eigenvalue weighted by atomic mass is 10.2. The molecule has 2 amide bonds. The van der Waals surface area contributed by atoms with Crippen LogP contribution in [0.1, 0.15) is 12.5 Å². The molecule has 0 saturated carbocycles. The molecule has 0 heterocycles. The van der Waals surface area contributed by atoms with Crippen molar-refractivity contribution in [2.45, 2.75) is 24.0 Å². The van der Waals surface area contributed by atoms with Crippen molar-refractivity contribution in [2.24, 2.45) is 0 Å². The Bertz CT molecular complexity index is 443. The maximum Gasteiger partial charge on any atom is 0.241 e. The molecule has 1 aromatic rings. The molecule has 0 unspecified atom stereocenters. The quantitative estimate of drug-likeness (QED) is 0.835. The van der Waals surface area contributed by atoms with Gasteiger partial charge in [0.25, 0.3) is 0 Å². The van der Waals surface area contributed by atoms with Gasteiger partial charge in [0.2, 0.25) is 11.8 Å². The summed E-state index contributed by atoms with van der Waals surface area (Å²) < 4.78 is 0. The lowest BCUT2D eigenvalue weighted by Gasteiger charge is -2.14. The fourth-order valence-corrected chi connectivity index (χ4v) is 2.23. The van der Waals surface area contributed by atoms with E-state index < -0.39 is 0 Å². The molecule has 104 valence electrons. The number of nitrogens with one attached hydrogen (secondary N) is 1. The van der Waals surface area contributed by atoms with E-state index in [1.165, 1.54) is 22.2 Å². The third-order valence-electron chi connectivity index (χ3n) is 2.62. The Labute approximate surface area is 118 Å². The molecule has 0 aliphatic heterocycles. The minimum atomic E-state index is -0.224. The normalized spacial score (nSPS) is 11.8. The number of benzene rings is 1. The third-order valence-corrected chi connectivity index (χ3v) is 3.73. The van der Waals surface area contributed by atoms with Crippen molar-refractivity contribution >= 4 is 23.6 Å². The highest BCUT2D eigenvalue weighted by atomic mass is 32.2. The fraction of sp³-hybridized carbons (Fsp3) is 0.429. The van der Waals surface area contributed by atoms with Gasteiger partial charge in [0.1, 0.15) is 0 Å². The van der Waals surface area contributed by atoms with Gasteiger partial charge in [-0.15, -0.1) is 11.8 Å². The van der Waals surface area contributed by atoms with E-state index in [2.05, 4.69) is 5.32 Å². The summed E-state index contributed by atoms with van der Waals surface area (Å²) >= 11 is 1.48. The number of hydrogen-bond donors (Lipinski definition) is 1. The number of rotatable bonds is 5.